The Hall–Kier alpha value is -2.20. The third kappa shape index (κ3) is 3.49. The molecule has 2 N–H and O–H groups in total. The number of nitrogens with two attached hydrogens (primary N) is 1. The van der Waals surface area contributed by atoms with Crippen LogP contribution in [0.4, 0.5) is 11.9 Å². The van der Waals surface area contributed by atoms with Crippen LogP contribution in [0.1, 0.15) is 17.2 Å². The molecule has 24 heavy (non-hydrogen) atoms. The highest BCUT2D eigenvalue weighted by Gasteiger charge is 2.09. The molecule has 0 fully saturated rings. The first kappa shape index (κ1) is 16.7. The molecule has 0 aromatic carbocycles. The van der Waals surface area contributed by atoms with Crippen LogP contribution in [0.5, 0.6) is 0 Å². The molecular weight excluding hydrogens is 346 g/mol. The number of rotatable bonds is 5. The molecule has 8 nitrogen and oxygen atoms in total. The van der Waals surface area contributed by atoms with E-state index in [0.29, 0.717) is 23.3 Å². The Morgan fingerprint density at radius 3 is 2.79 bits per heavy atom. The number of thiazole rings is 1. The maximum atomic E-state index is 12.1. The third-order valence-electron chi connectivity index (χ3n) is 3.20. The predicted molar refractivity (Wildman–Crippen MR) is 97.6 cm³/mol. The van der Waals surface area contributed by atoms with Crippen molar-refractivity contribution in [3.05, 3.63) is 39.0 Å². The molecule has 3 aromatic heterocycles. The molecule has 10 heteroatoms. The maximum Gasteiger partial charge on any atom is 0.258 e. The minimum atomic E-state index is -0.0475. The van der Waals surface area contributed by atoms with Gasteiger partial charge < -0.3 is 10.6 Å². The number of hydrogen-bond acceptors (Lipinski definition) is 9. The Morgan fingerprint density at radius 1 is 1.25 bits per heavy atom. The maximum absolute atomic E-state index is 12.1. The van der Waals surface area contributed by atoms with Gasteiger partial charge in [0, 0.05) is 37.0 Å². The number of thioether (sulfide) groups is 1. The van der Waals surface area contributed by atoms with Crippen LogP contribution in [-0.2, 0) is 11.5 Å². The monoisotopic (exact) mass is 363 g/mol. The summed E-state index contributed by atoms with van der Waals surface area (Å²) in [4.78, 5) is 31.7. The Bertz CT molecular complexity index is 935. The zero-order valence-electron chi connectivity index (χ0n) is 13.6. The number of anilines is 2. The molecule has 0 aliphatic carbocycles. The number of aromatic nitrogens is 5. The molecule has 0 saturated heterocycles. The number of aryl methyl sites for hydroxylation is 1. The van der Waals surface area contributed by atoms with Crippen LogP contribution in [0.15, 0.2) is 16.2 Å². The van der Waals surface area contributed by atoms with Crippen LogP contribution >= 0.6 is 23.1 Å². The quantitative estimate of drug-likeness (QED) is 0.724. The van der Waals surface area contributed by atoms with Crippen molar-refractivity contribution in [1.82, 2.24) is 24.3 Å². The van der Waals surface area contributed by atoms with E-state index in [2.05, 4.69) is 19.9 Å². The van der Waals surface area contributed by atoms with Crippen molar-refractivity contribution in [3.8, 4) is 0 Å². The van der Waals surface area contributed by atoms with Crippen molar-refractivity contribution < 1.29 is 0 Å². The molecule has 0 saturated carbocycles. The molecule has 126 valence electrons. The molecule has 0 aliphatic rings. The van der Waals surface area contributed by atoms with E-state index in [1.165, 1.54) is 11.3 Å². The topological polar surface area (TPSA) is 102 Å². The first-order valence-corrected chi connectivity index (χ1v) is 9.20. The van der Waals surface area contributed by atoms with Gasteiger partial charge in [0.1, 0.15) is 5.82 Å². The molecular formula is C14H17N7OS2. The standard InChI is InChI=1S/C14H17N7OS2/c1-8-5-24-14-16-9(4-11(22)21(8)14)6-23-7-10-17-12(15)19-13(18-10)20(2)3/h4-5H,6-7H2,1-3H3,(H2,15,17,18,19). The van der Waals surface area contributed by atoms with Gasteiger partial charge in [0.25, 0.3) is 5.56 Å². The summed E-state index contributed by atoms with van der Waals surface area (Å²) >= 11 is 3.05. The summed E-state index contributed by atoms with van der Waals surface area (Å²) in [7, 11) is 3.70. The van der Waals surface area contributed by atoms with Gasteiger partial charge in [-0.2, -0.15) is 15.0 Å². The third-order valence-corrected chi connectivity index (χ3v) is 5.10. The van der Waals surface area contributed by atoms with E-state index in [0.717, 1.165) is 16.3 Å². The van der Waals surface area contributed by atoms with Crippen LogP contribution in [0.3, 0.4) is 0 Å². The summed E-state index contributed by atoms with van der Waals surface area (Å²) in [6.07, 6.45) is 0. The van der Waals surface area contributed by atoms with Crippen molar-refractivity contribution in [2.24, 2.45) is 0 Å². The van der Waals surface area contributed by atoms with Crippen LogP contribution < -0.4 is 16.2 Å². The van der Waals surface area contributed by atoms with E-state index in [1.54, 1.807) is 27.1 Å². The predicted octanol–water partition coefficient (Wildman–Crippen LogP) is 1.33. The number of nitrogens with zero attached hydrogens (tertiary/aromatic N) is 6. The fourth-order valence-corrected chi connectivity index (χ4v) is 3.77. The first-order chi connectivity index (χ1) is 11.4. The highest BCUT2D eigenvalue weighted by Crippen LogP contribution is 2.18. The van der Waals surface area contributed by atoms with Gasteiger partial charge in [0.15, 0.2) is 4.96 Å². The summed E-state index contributed by atoms with van der Waals surface area (Å²) in [6, 6.07) is 1.58. The van der Waals surface area contributed by atoms with Gasteiger partial charge in [-0.3, -0.25) is 9.20 Å². The fourth-order valence-electron chi connectivity index (χ4n) is 2.11. The molecule has 0 aliphatic heterocycles. The van der Waals surface area contributed by atoms with E-state index < -0.39 is 0 Å². The average Bonchev–Trinajstić information content (AvgIpc) is 2.88. The lowest BCUT2D eigenvalue weighted by atomic mass is 10.4. The first-order valence-electron chi connectivity index (χ1n) is 7.16. The van der Waals surface area contributed by atoms with Gasteiger partial charge in [-0.05, 0) is 6.92 Å². The second kappa shape index (κ2) is 6.73. The molecule has 0 bridgehead atoms. The zero-order valence-corrected chi connectivity index (χ0v) is 15.2. The highest BCUT2D eigenvalue weighted by molar-refractivity contribution is 7.97. The lowest BCUT2D eigenvalue weighted by molar-refractivity contribution is 0.918. The molecule has 0 radical (unpaired) electrons. The second-order valence-electron chi connectivity index (χ2n) is 5.38. The SMILES string of the molecule is Cc1csc2nc(CSCc3nc(N)nc(N(C)C)n3)cc(=O)n12. The Morgan fingerprint density at radius 2 is 2.04 bits per heavy atom. The van der Waals surface area contributed by atoms with Crippen LogP contribution in [0.2, 0.25) is 0 Å². The van der Waals surface area contributed by atoms with Crippen LogP contribution in [-0.4, -0.2) is 38.4 Å². The summed E-state index contributed by atoms with van der Waals surface area (Å²) in [5, 5.41) is 1.93. The van der Waals surface area contributed by atoms with Crippen molar-refractivity contribution in [3.63, 3.8) is 0 Å². The van der Waals surface area contributed by atoms with Gasteiger partial charge in [-0.15, -0.1) is 23.1 Å². The lowest BCUT2D eigenvalue weighted by Gasteiger charge is -2.11. The van der Waals surface area contributed by atoms with Gasteiger partial charge in [0.2, 0.25) is 11.9 Å². The highest BCUT2D eigenvalue weighted by atomic mass is 32.2. The molecule has 0 amide bonds. The number of hydrogen-bond donors (Lipinski definition) is 1. The molecule has 3 rings (SSSR count). The van der Waals surface area contributed by atoms with Gasteiger partial charge in [0.05, 0.1) is 11.4 Å². The summed E-state index contributed by atoms with van der Waals surface area (Å²) in [6.45, 7) is 1.90. The number of fused-ring (bicyclic) bond motifs is 1. The fraction of sp³-hybridized carbons (Fsp3) is 0.357. The molecule has 0 unspecified atom stereocenters. The summed E-state index contributed by atoms with van der Waals surface area (Å²) < 4.78 is 1.62. The van der Waals surface area contributed by atoms with Gasteiger partial charge in [-0.1, -0.05) is 0 Å². The zero-order chi connectivity index (χ0) is 17.3. The normalized spacial score (nSPS) is 11.1. The minimum absolute atomic E-state index is 0.0475. The van der Waals surface area contributed by atoms with E-state index in [4.69, 9.17) is 5.73 Å². The minimum Gasteiger partial charge on any atom is -0.368 e. The largest absolute Gasteiger partial charge is 0.368 e. The van der Waals surface area contributed by atoms with E-state index in [1.807, 2.05) is 26.4 Å². The summed E-state index contributed by atoms with van der Waals surface area (Å²) in [5.41, 5.74) is 7.32. The number of nitrogen functional groups attached to an aromatic ring is 1. The second-order valence-corrected chi connectivity index (χ2v) is 7.20. The van der Waals surface area contributed by atoms with Crippen molar-refractivity contribution in [2.75, 3.05) is 24.7 Å². The van der Waals surface area contributed by atoms with Crippen molar-refractivity contribution in [2.45, 2.75) is 18.4 Å². The van der Waals surface area contributed by atoms with Gasteiger partial charge in [-0.25, -0.2) is 4.98 Å². The molecule has 0 atom stereocenters. The Labute approximate surface area is 146 Å². The van der Waals surface area contributed by atoms with Crippen molar-refractivity contribution in [1.29, 1.82) is 0 Å². The van der Waals surface area contributed by atoms with E-state index in [9.17, 15) is 4.79 Å². The Balaban J connectivity index is 1.72. The van der Waals surface area contributed by atoms with E-state index >= 15 is 0 Å². The Kier molecular flexibility index (Phi) is 4.67. The lowest BCUT2D eigenvalue weighted by Crippen LogP contribution is -2.16. The van der Waals surface area contributed by atoms with E-state index in [-0.39, 0.29) is 11.5 Å². The summed E-state index contributed by atoms with van der Waals surface area (Å²) in [5.74, 6) is 2.52. The smallest absolute Gasteiger partial charge is 0.258 e. The molecule has 3 aromatic rings. The van der Waals surface area contributed by atoms with Crippen LogP contribution in [0.25, 0.3) is 4.96 Å². The molecule has 0 spiro atoms. The molecule has 3 heterocycles. The average molecular weight is 363 g/mol. The van der Waals surface area contributed by atoms with Gasteiger partial charge >= 0.3 is 0 Å². The van der Waals surface area contributed by atoms with Crippen LogP contribution in [0, 0.1) is 6.92 Å². The van der Waals surface area contributed by atoms with Crippen molar-refractivity contribution >= 4 is 40.0 Å².